The molecule has 0 atom stereocenters. The number of aromatic nitrogens is 2. The molecule has 0 saturated heterocycles. The van der Waals surface area contributed by atoms with E-state index in [0.717, 1.165) is 31.2 Å². The van der Waals surface area contributed by atoms with Crippen molar-refractivity contribution in [3.63, 3.8) is 0 Å². The van der Waals surface area contributed by atoms with Crippen LogP contribution in [0.5, 0.6) is 0 Å². The van der Waals surface area contributed by atoms with Gasteiger partial charge in [0.25, 0.3) is 5.56 Å². The highest BCUT2D eigenvalue weighted by molar-refractivity contribution is 7.91. The second kappa shape index (κ2) is 8.61. The first-order valence-corrected chi connectivity index (χ1v) is 12.9. The summed E-state index contributed by atoms with van der Waals surface area (Å²) >= 11 is 0. The summed E-state index contributed by atoms with van der Waals surface area (Å²) in [7, 11) is -3.63. The second-order valence-corrected chi connectivity index (χ2v) is 11.7. The van der Waals surface area contributed by atoms with Crippen LogP contribution in [0.4, 0.5) is 5.69 Å². The molecular weight excluding hydrogens is 442 g/mol. The Morgan fingerprint density at radius 1 is 1.21 bits per heavy atom. The minimum absolute atomic E-state index is 0.0821. The lowest BCUT2D eigenvalue weighted by Gasteiger charge is -2.19. The van der Waals surface area contributed by atoms with Crippen molar-refractivity contribution >= 4 is 26.4 Å². The van der Waals surface area contributed by atoms with Crippen LogP contribution in [0.2, 0.25) is 0 Å². The van der Waals surface area contributed by atoms with E-state index in [1.54, 1.807) is 45.9 Å². The molecule has 0 aliphatic heterocycles. The number of H-pyrrole nitrogens is 1. The van der Waals surface area contributed by atoms with Gasteiger partial charge in [0.2, 0.25) is 0 Å². The smallest absolute Gasteiger partial charge is 0.271 e. The molecular formula is C24H31N3O5S. The first-order valence-electron chi connectivity index (χ1n) is 11.3. The highest BCUT2D eigenvalue weighted by Crippen LogP contribution is 2.36. The Morgan fingerprint density at radius 3 is 2.52 bits per heavy atom. The van der Waals surface area contributed by atoms with Gasteiger partial charge in [-0.1, -0.05) is 18.0 Å². The van der Waals surface area contributed by atoms with Gasteiger partial charge < -0.3 is 19.9 Å². The van der Waals surface area contributed by atoms with Crippen LogP contribution < -0.4 is 10.9 Å². The molecule has 1 aliphatic rings. The standard InChI is InChI=1S/C24H31N3O5S/c1-14-22(15(2)32-27-14)17-9-19-18(11-20(23(28)26-19)25-13-24(3,4)29)21(10-17)33(30,31)12-16-7-5-6-8-16/h9-11,16,25,29H,5-8,12-13H2,1-4H3,(H,26,28). The molecule has 1 fully saturated rings. The first kappa shape index (κ1) is 23.5. The highest BCUT2D eigenvalue weighted by Gasteiger charge is 2.27. The van der Waals surface area contributed by atoms with Gasteiger partial charge in [-0.3, -0.25) is 4.79 Å². The molecule has 8 nitrogen and oxygen atoms in total. The predicted octanol–water partition coefficient (Wildman–Crippen LogP) is 3.95. The Balaban J connectivity index is 1.91. The second-order valence-electron chi connectivity index (χ2n) is 9.74. The number of nitrogens with one attached hydrogen (secondary N) is 2. The molecule has 9 heteroatoms. The van der Waals surface area contributed by atoms with Crippen molar-refractivity contribution in [2.75, 3.05) is 17.6 Å². The summed E-state index contributed by atoms with van der Waals surface area (Å²) < 4.78 is 32.5. The molecule has 0 radical (unpaired) electrons. The van der Waals surface area contributed by atoms with Gasteiger partial charge in [-0.2, -0.15) is 0 Å². The number of hydrogen-bond donors (Lipinski definition) is 3. The average Bonchev–Trinajstić information content (AvgIpc) is 3.33. The van der Waals surface area contributed by atoms with E-state index in [1.165, 1.54) is 0 Å². The fourth-order valence-corrected chi connectivity index (χ4v) is 6.54. The lowest BCUT2D eigenvalue weighted by atomic mass is 10.0. The number of rotatable bonds is 7. The van der Waals surface area contributed by atoms with Crippen molar-refractivity contribution in [2.24, 2.45) is 5.92 Å². The Morgan fingerprint density at radius 2 is 1.91 bits per heavy atom. The van der Waals surface area contributed by atoms with E-state index < -0.39 is 15.4 Å². The van der Waals surface area contributed by atoms with Gasteiger partial charge in [-0.15, -0.1) is 0 Å². The number of hydrogen-bond acceptors (Lipinski definition) is 7. The molecule has 33 heavy (non-hydrogen) atoms. The van der Waals surface area contributed by atoms with Crippen molar-refractivity contribution in [1.82, 2.24) is 10.1 Å². The number of aliphatic hydroxyl groups is 1. The maximum absolute atomic E-state index is 13.6. The number of pyridine rings is 1. The third-order valence-corrected chi connectivity index (χ3v) is 8.14. The van der Waals surface area contributed by atoms with Gasteiger partial charge in [-0.05, 0) is 70.2 Å². The summed E-state index contributed by atoms with van der Waals surface area (Å²) in [5, 5.41) is 17.4. The van der Waals surface area contributed by atoms with E-state index in [2.05, 4.69) is 15.5 Å². The van der Waals surface area contributed by atoms with Crippen molar-refractivity contribution in [2.45, 2.75) is 63.9 Å². The van der Waals surface area contributed by atoms with Crippen molar-refractivity contribution in [1.29, 1.82) is 0 Å². The van der Waals surface area contributed by atoms with E-state index in [0.29, 0.717) is 27.9 Å². The molecule has 4 rings (SSSR count). The Kier molecular flexibility index (Phi) is 6.13. The minimum atomic E-state index is -3.63. The molecule has 2 heterocycles. The number of sulfone groups is 1. The SMILES string of the molecule is Cc1noc(C)c1-c1cc(S(=O)(=O)CC2CCCC2)c2cc(NCC(C)(C)O)c(=O)[nH]c2c1. The van der Waals surface area contributed by atoms with Crippen LogP contribution in [0.15, 0.2) is 32.4 Å². The topological polar surface area (TPSA) is 125 Å². The molecule has 0 unspecified atom stereocenters. The van der Waals surface area contributed by atoms with Crippen LogP contribution in [-0.4, -0.2) is 41.6 Å². The lowest BCUT2D eigenvalue weighted by molar-refractivity contribution is 0.0945. The van der Waals surface area contributed by atoms with E-state index in [-0.39, 0.29) is 34.4 Å². The highest BCUT2D eigenvalue weighted by atomic mass is 32.2. The van der Waals surface area contributed by atoms with Crippen molar-refractivity contribution in [3.8, 4) is 11.1 Å². The Bertz CT molecular complexity index is 1320. The van der Waals surface area contributed by atoms with Gasteiger partial charge in [0, 0.05) is 17.5 Å². The lowest BCUT2D eigenvalue weighted by Crippen LogP contribution is -2.31. The monoisotopic (exact) mass is 473 g/mol. The Hall–Kier alpha value is -2.65. The molecule has 1 aromatic carbocycles. The van der Waals surface area contributed by atoms with Crippen LogP contribution in [0.3, 0.4) is 0 Å². The van der Waals surface area contributed by atoms with Crippen LogP contribution in [0.25, 0.3) is 22.0 Å². The van der Waals surface area contributed by atoms with Gasteiger partial charge >= 0.3 is 0 Å². The number of fused-ring (bicyclic) bond motifs is 1. The van der Waals surface area contributed by atoms with Crippen LogP contribution >= 0.6 is 0 Å². The van der Waals surface area contributed by atoms with Crippen molar-refractivity contribution < 1.29 is 18.0 Å². The first-order chi connectivity index (χ1) is 15.4. The third-order valence-electron chi connectivity index (χ3n) is 6.22. The molecule has 3 aromatic rings. The minimum Gasteiger partial charge on any atom is -0.389 e. The van der Waals surface area contributed by atoms with Crippen molar-refractivity contribution in [3.05, 3.63) is 40.0 Å². The molecule has 178 valence electrons. The van der Waals surface area contributed by atoms with E-state index in [4.69, 9.17) is 4.52 Å². The summed E-state index contributed by atoms with van der Waals surface area (Å²) in [5.74, 6) is 0.804. The third kappa shape index (κ3) is 4.99. The number of nitrogens with zero attached hydrogens (tertiary/aromatic N) is 1. The van der Waals surface area contributed by atoms with Crippen LogP contribution in [0.1, 0.15) is 51.0 Å². The predicted molar refractivity (Wildman–Crippen MR) is 128 cm³/mol. The van der Waals surface area contributed by atoms with Gasteiger partial charge in [-0.25, -0.2) is 8.42 Å². The largest absolute Gasteiger partial charge is 0.389 e. The van der Waals surface area contributed by atoms with Crippen LogP contribution in [-0.2, 0) is 9.84 Å². The van der Waals surface area contributed by atoms with Crippen LogP contribution in [0, 0.1) is 19.8 Å². The summed E-state index contributed by atoms with van der Waals surface area (Å²) in [6.45, 7) is 6.97. The van der Waals surface area contributed by atoms with E-state index >= 15 is 0 Å². The summed E-state index contributed by atoms with van der Waals surface area (Å²) in [6, 6.07) is 4.99. The molecule has 1 saturated carbocycles. The number of aromatic amines is 1. The fraction of sp³-hybridized carbons (Fsp3) is 0.500. The normalized spacial score (nSPS) is 15.4. The molecule has 0 bridgehead atoms. The van der Waals surface area contributed by atoms with E-state index in [9.17, 15) is 18.3 Å². The number of aryl methyl sites for hydroxylation is 2. The van der Waals surface area contributed by atoms with Gasteiger partial charge in [0.05, 0.1) is 27.5 Å². The van der Waals surface area contributed by atoms with Gasteiger partial charge in [0.1, 0.15) is 11.4 Å². The number of benzene rings is 1. The summed E-state index contributed by atoms with van der Waals surface area (Å²) in [5.41, 5.74) is 1.23. The van der Waals surface area contributed by atoms with E-state index in [1.807, 2.05) is 0 Å². The zero-order chi connectivity index (χ0) is 24.0. The zero-order valence-corrected chi connectivity index (χ0v) is 20.3. The zero-order valence-electron chi connectivity index (χ0n) is 19.5. The summed E-state index contributed by atoms with van der Waals surface area (Å²) in [6.07, 6.45) is 3.93. The average molecular weight is 474 g/mol. The quantitative estimate of drug-likeness (QED) is 0.474. The maximum Gasteiger partial charge on any atom is 0.271 e. The molecule has 1 aliphatic carbocycles. The molecule has 0 amide bonds. The van der Waals surface area contributed by atoms with Gasteiger partial charge in [0.15, 0.2) is 9.84 Å². The fourth-order valence-electron chi connectivity index (χ4n) is 4.60. The number of anilines is 1. The maximum atomic E-state index is 13.6. The molecule has 0 spiro atoms. The molecule has 2 aromatic heterocycles. The Labute approximate surface area is 193 Å². The molecule has 3 N–H and O–H groups in total. The summed E-state index contributed by atoms with van der Waals surface area (Å²) in [4.78, 5) is 15.8.